The minimum atomic E-state index is -4.39. The van der Waals surface area contributed by atoms with Crippen molar-refractivity contribution in [1.82, 2.24) is 19.5 Å². The van der Waals surface area contributed by atoms with Gasteiger partial charge >= 0.3 is 5.51 Å². The van der Waals surface area contributed by atoms with E-state index in [2.05, 4.69) is 15.0 Å². The van der Waals surface area contributed by atoms with Gasteiger partial charge in [0.05, 0.1) is 29.5 Å². The van der Waals surface area contributed by atoms with E-state index in [1.54, 1.807) is 29.6 Å². The zero-order valence-corrected chi connectivity index (χ0v) is 17.4. The Balaban J connectivity index is 2.06. The molecule has 0 saturated heterocycles. The van der Waals surface area contributed by atoms with Crippen molar-refractivity contribution in [3.63, 3.8) is 0 Å². The normalized spacial score (nSPS) is 12.1. The maximum Gasteiger partial charge on any atom is 0.447 e. The van der Waals surface area contributed by atoms with Crippen molar-refractivity contribution in [3.05, 3.63) is 24.5 Å². The van der Waals surface area contributed by atoms with Gasteiger partial charge in [-0.2, -0.15) is 13.2 Å². The number of ether oxygens (including phenoxy) is 1. The van der Waals surface area contributed by atoms with Crippen molar-refractivity contribution < 1.29 is 17.9 Å². The number of fused-ring (bicyclic) bond motifs is 1. The van der Waals surface area contributed by atoms with Gasteiger partial charge in [-0.3, -0.25) is 0 Å². The Labute approximate surface area is 169 Å². The number of alkyl halides is 3. The second-order valence-electron chi connectivity index (χ2n) is 6.17. The molecule has 10 heteroatoms. The predicted molar refractivity (Wildman–Crippen MR) is 106 cm³/mol. The monoisotopic (exact) mass is 428 g/mol. The second-order valence-corrected chi connectivity index (χ2v) is 8.56. The molecule has 0 amide bonds. The van der Waals surface area contributed by atoms with Crippen molar-refractivity contribution >= 4 is 34.6 Å². The van der Waals surface area contributed by atoms with Crippen molar-refractivity contribution in [2.45, 2.75) is 42.3 Å². The van der Waals surface area contributed by atoms with Gasteiger partial charge in [-0.25, -0.2) is 15.0 Å². The van der Waals surface area contributed by atoms with E-state index in [9.17, 15) is 13.2 Å². The molecule has 0 aromatic carbocycles. The zero-order chi connectivity index (χ0) is 20.5. The molecule has 0 saturated carbocycles. The Kier molecular flexibility index (Phi) is 6.09. The van der Waals surface area contributed by atoms with Crippen LogP contribution in [0.5, 0.6) is 5.75 Å². The van der Waals surface area contributed by atoms with Crippen molar-refractivity contribution in [1.29, 1.82) is 0 Å². The molecule has 150 valence electrons. The van der Waals surface area contributed by atoms with Crippen LogP contribution in [-0.4, -0.2) is 36.9 Å². The summed E-state index contributed by atoms with van der Waals surface area (Å²) in [6.45, 7) is 5.91. The van der Waals surface area contributed by atoms with E-state index < -0.39 is 5.51 Å². The second kappa shape index (κ2) is 8.20. The summed E-state index contributed by atoms with van der Waals surface area (Å²) in [6.07, 6.45) is 3.07. The molecule has 0 aliphatic heterocycles. The van der Waals surface area contributed by atoms with E-state index in [-0.39, 0.29) is 22.9 Å². The Morgan fingerprint density at radius 1 is 1.18 bits per heavy atom. The number of aryl methyl sites for hydroxylation is 1. The highest BCUT2D eigenvalue weighted by Crippen LogP contribution is 2.38. The summed E-state index contributed by atoms with van der Waals surface area (Å²) in [6, 6.07) is 3.26. The number of hydrogen-bond donors (Lipinski definition) is 0. The molecule has 3 aromatic rings. The number of hydrogen-bond acceptors (Lipinski definition) is 6. The van der Waals surface area contributed by atoms with Gasteiger partial charge in [-0.15, -0.1) is 11.8 Å². The van der Waals surface area contributed by atoms with Crippen molar-refractivity contribution in [2.75, 3.05) is 5.75 Å². The molecule has 3 heterocycles. The molecule has 28 heavy (non-hydrogen) atoms. The minimum Gasteiger partial charge on any atom is -0.489 e. The van der Waals surface area contributed by atoms with Gasteiger partial charge < -0.3 is 9.30 Å². The third kappa shape index (κ3) is 4.72. The Morgan fingerprint density at radius 3 is 2.57 bits per heavy atom. The lowest BCUT2D eigenvalue weighted by atomic mass is 10.3. The van der Waals surface area contributed by atoms with Crippen LogP contribution in [0.2, 0.25) is 0 Å². The summed E-state index contributed by atoms with van der Waals surface area (Å²) >= 11 is 1.35. The van der Waals surface area contributed by atoms with E-state index in [1.807, 2.05) is 26.8 Å². The summed E-state index contributed by atoms with van der Waals surface area (Å²) in [7, 11) is 1.80. The van der Waals surface area contributed by atoms with Crippen LogP contribution in [0, 0.1) is 0 Å². The van der Waals surface area contributed by atoms with E-state index in [4.69, 9.17) is 4.74 Å². The van der Waals surface area contributed by atoms with Crippen LogP contribution >= 0.6 is 23.5 Å². The van der Waals surface area contributed by atoms with Crippen LogP contribution in [0.1, 0.15) is 20.8 Å². The fourth-order valence-electron chi connectivity index (χ4n) is 2.65. The van der Waals surface area contributed by atoms with Gasteiger partial charge in [-0.05, 0) is 31.7 Å². The third-order valence-electron chi connectivity index (χ3n) is 3.67. The average molecular weight is 429 g/mol. The van der Waals surface area contributed by atoms with Gasteiger partial charge in [-0.1, -0.05) is 6.92 Å². The van der Waals surface area contributed by atoms with Gasteiger partial charge in [0, 0.05) is 23.7 Å². The number of halogens is 3. The first-order valence-electron chi connectivity index (χ1n) is 8.56. The molecule has 0 aliphatic rings. The number of thioether (sulfide) groups is 2. The average Bonchev–Trinajstić information content (AvgIpc) is 2.89. The first-order valence-corrected chi connectivity index (χ1v) is 10.4. The summed E-state index contributed by atoms with van der Waals surface area (Å²) in [5, 5.41) is -0.138. The van der Waals surface area contributed by atoms with E-state index in [0.29, 0.717) is 28.3 Å². The largest absolute Gasteiger partial charge is 0.489 e. The zero-order valence-electron chi connectivity index (χ0n) is 15.7. The van der Waals surface area contributed by atoms with Crippen LogP contribution in [-0.2, 0) is 7.05 Å². The first-order chi connectivity index (χ1) is 13.2. The highest BCUT2D eigenvalue weighted by atomic mass is 32.2. The fourth-order valence-corrected chi connectivity index (χ4v) is 3.96. The Hall–Kier alpha value is -1.94. The molecule has 0 unspecified atom stereocenters. The topological polar surface area (TPSA) is 52.8 Å². The quantitative estimate of drug-likeness (QED) is 0.481. The number of pyridine rings is 2. The number of aromatic nitrogens is 4. The predicted octanol–water partition coefficient (Wildman–Crippen LogP) is 5.54. The molecule has 0 aliphatic carbocycles. The highest BCUT2D eigenvalue weighted by molar-refractivity contribution is 8.00. The SMILES string of the molecule is CCSc1cc(OC(C)C)cnc1-c1nc2cc(SC(F)(F)F)ncc2n1C. The molecule has 0 spiro atoms. The molecule has 3 rings (SSSR count). The Bertz CT molecular complexity index is 989. The summed E-state index contributed by atoms with van der Waals surface area (Å²) in [5.74, 6) is 2.06. The number of rotatable bonds is 6. The van der Waals surface area contributed by atoms with Crippen molar-refractivity contribution in [3.8, 4) is 17.3 Å². The minimum absolute atomic E-state index is 0.0264. The van der Waals surface area contributed by atoms with Gasteiger partial charge in [0.2, 0.25) is 0 Å². The van der Waals surface area contributed by atoms with Gasteiger partial charge in [0.25, 0.3) is 0 Å². The van der Waals surface area contributed by atoms with Crippen LogP contribution in [0.25, 0.3) is 22.6 Å². The van der Waals surface area contributed by atoms with Crippen molar-refractivity contribution in [2.24, 2.45) is 7.05 Å². The Morgan fingerprint density at radius 2 is 1.93 bits per heavy atom. The van der Waals surface area contributed by atoms with Crippen LogP contribution < -0.4 is 4.74 Å². The molecular formula is C18H19F3N4OS2. The summed E-state index contributed by atoms with van der Waals surface area (Å²) < 4.78 is 45.4. The smallest absolute Gasteiger partial charge is 0.447 e. The van der Waals surface area contributed by atoms with E-state index >= 15 is 0 Å². The lowest BCUT2D eigenvalue weighted by Crippen LogP contribution is -2.06. The molecule has 0 bridgehead atoms. The fraction of sp³-hybridized carbons (Fsp3) is 0.389. The highest BCUT2D eigenvalue weighted by Gasteiger charge is 2.30. The maximum absolute atomic E-state index is 12.6. The van der Waals surface area contributed by atoms with Gasteiger partial charge in [0.1, 0.15) is 16.5 Å². The number of imidazole rings is 1. The van der Waals surface area contributed by atoms with Crippen LogP contribution in [0.15, 0.2) is 34.4 Å². The number of nitrogens with zero attached hydrogens (tertiary/aromatic N) is 4. The standard InChI is InChI=1S/C18H19F3N4OS2/c1-5-27-14-6-11(26-10(2)3)8-23-16(14)17-24-12-7-15(28-18(19,20)21)22-9-13(12)25(17)4/h6-10H,5H2,1-4H3. The molecule has 3 aromatic heterocycles. The third-order valence-corrected chi connectivity index (χ3v) is 5.25. The van der Waals surface area contributed by atoms with Crippen LogP contribution in [0.4, 0.5) is 13.2 Å². The lowest BCUT2D eigenvalue weighted by Gasteiger charge is -2.13. The molecule has 5 nitrogen and oxygen atoms in total. The maximum atomic E-state index is 12.6. The van der Waals surface area contributed by atoms with E-state index in [0.717, 1.165) is 10.6 Å². The lowest BCUT2D eigenvalue weighted by molar-refractivity contribution is -0.0329. The van der Waals surface area contributed by atoms with Crippen LogP contribution in [0.3, 0.4) is 0 Å². The molecule has 0 atom stereocenters. The summed E-state index contributed by atoms with van der Waals surface area (Å²) in [5.41, 5.74) is -2.65. The first kappa shape index (κ1) is 20.8. The molecule has 0 radical (unpaired) electrons. The molecule has 0 N–H and O–H groups in total. The van der Waals surface area contributed by atoms with Gasteiger partial charge in [0.15, 0.2) is 5.82 Å². The summed E-state index contributed by atoms with van der Waals surface area (Å²) in [4.78, 5) is 13.9. The molecule has 0 fully saturated rings. The van der Waals surface area contributed by atoms with E-state index in [1.165, 1.54) is 12.3 Å². The molecular weight excluding hydrogens is 409 g/mol.